The highest BCUT2D eigenvalue weighted by Gasteiger charge is 2.24. The molecule has 0 saturated heterocycles. The Labute approximate surface area is 128 Å². The molecule has 4 heteroatoms. The van der Waals surface area contributed by atoms with Gasteiger partial charge in [-0.15, -0.1) is 11.3 Å². The van der Waals surface area contributed by atoms with Gasteiger partial charge in [-0.05, 0) is 43.9 Å². The molecule has 3 nitrogen and oxygen atoms in total. The average Bonchev–Trinajstić information content (AvgIpc) is 3.06. The molecule has 0 spiro atoms. The van der Waals surface area contributed by atoms with E-state index < -0.39 is 0 Å². The molecule has 1 amide bonds. The summed E-state index contributed by atoms with van der Waals surface area (Å²) >= 11 is 1.62. The maximum atomic E-state index is 12.6. The van der Waals surface area contributed by atoms with Crippen LogP contribution in [0.5, 0.6) is 5.75 Å². The molecule has 1 heterocycles. The lowest BCUT2D eigenvalue weighted by atomic mass is 10.1. The van der Waals surface area contributed by atoms with Crippen molar-refractivity contribution < 1.29 is 9.90 Å². The smallest absolute Gasteiger partial charge is 0.264 e. The Bertz CT molecular complexity index is 656. The molecule has 3 rings (SSSR count). The van der Waals surface area contributed by atoms with E-state index in [1.807, 2.05) is 25.1 Å². The summed E-state index contributed by atoms with van der Waals surface area (Å²) in [6, 6.07) is 9.07. The summed E-state index contributed by atoms with van der Waals surface area (Å²) < 4.78 is 0. The first-order chi connectivity index (χ1) is 10.1. The van der Waals surface area contributed by atoms with Crippen LogP contribution in [0, 0.1) is 0 Å². The van der Waals surface area contributed by atoms with Gasteiger partial charge in [0.2, 0.25) is 0 Å². The highest BCUT2D eigenvalue weighted by Crippen LogP contribution is 2.33. The predicted molar refractivity (Wildman–Crippen MR) is 85.0 cm³/mol. The first-order valence-electron chi connectivity index (χ1n) is 7.24. The van der Waals surface area contributed by atoms with Crippen LogP contribution < -0.4 is 0 Å². The second-order valence-corrected chi connectivity index (χ2v) is 6.70. The van der Waals surface area contributed by atoms with E-state index in [2.05, 4.69) is 0 Å². The molecule has 0 fully saturated rings. The quantitative estimate of drug-likeness (QED) is 0.937. The number of phenols is 1. The molecular weight excluding hydrogens is 282 g/mol. The van der Waals surface area contributed by atoms with E-state index in [-0.39, 0.29) is 17.7 Å². The summed E-state index contributed by atoms with van der Waals surface area (Å²) in [4.78, 5) is 16.5. The monoisotopic (exact) mass is 301 g/mol. The van der Waals surface area contributed by atoms with Crippen molar-refractivity contribution in [3.05, 3.63) is 51.2 Å². The highest BCUT2D eigenvalue weighted by molar-refractivity contribution is 7.14. The Hall–Kier alpha value is -1.81. The normalized spacial score (nSPS) is 14.8. The minimum atomic E-state index is -0.157. The van der Waals surface area contributed by atoms with Gasteiger partial charge in [0.25, 0.3) is 5.91 Å². The van der Waals surface area contributed by atoms with E-state index in [4.69, 9.17) is 0 Å². The molecule has 1 atom stereocenters. The van der Waals surface area contributed by atoms with Gasteiger partial charge >= 0.3 is 0 Å². The van der Waals surface area contributed by atoms with Crippen LogP contribution >= 0.6 is 11.3 Å². The number of hydrogen-bond acceptors (Lipinski definition) is 3. The molecule has 1 unspecified atom stereocenters. The van der Waals surface area contributed by atoms with Crippen molar-refractivity contribution in [1.29, 1.82) is 0 Å². The van der Waals surface area contributed by atoms with Gasteiger partial charge in [0.05, 0.1) is 10.9 Å². The van der Waals surface area contributed by atoms with Gasteiger partial charge in [-0.3, -0.25) is 4.79 Å². The van der Waals surface area contributed by atoms with Gasteiger partial charge in [-0.1, -0.05) is 18.2 Å². The zero-order valence-corrected chi connectivity index (χ0v) is 13.1. The summed E-state index contributed by atoms with van der Waals surface area (Å²) in [5.41, 5.74) is 2.12. The van der Waals surface area contributed by atoms with Gasteiger partial charge < -0.3 is 10.0 Å². The van der Waals surface area contributed by atoms with Gasteiger partial charge in [0.1, 0.15) is 5.75 Å². The van der Waals surface area contributed by atoms with E-state index in [9.17, 15) is 9.90 Å². The SMILES string of the molecule is CC(c1ccccc1O)N(C)C(=O)c1cc2c(s1)CCC2. The number of benzene rings is 1. The Balaban J connectivity index is 1.82. The summed E-state index contributed by atoms with van der Waals surface area (Å²) in [6.45, 7) is 1.94. The average molecular weight is 301 g/mol. The molecule has 0 aliphatic heterocycles. The fourth-order valence-corrected chi connectivity index (χ4v) is 4.07. The number of aryl methyl sites for hydroxylation is 2. The molecule has 0 saturated carbocycles. The number of carbonyl (C=O) groups excluding carboxylic acids is 1. The van der Waals surface area contributed by atoms with E-state index in [1.165, 1.54) is 16.9 Å². The number of thiophene rings is 1. The fraction of sp³-hybridized carbons (Fsp3) is 0.353. The number of phenolic OH excluding ortho intramolecular Hbond substituents is 1. The molecular formula is C17H19NO2S. The van der Waals surface area contributed by atoms with Crippen molar-refractivity contribution in [3.63, 3.8) is 0 Å². The molecule has 0 radical (unpaired) electrons. The molecule has 0 bridgehead atoms. The van der Waals surface area contributed by atoms with Crippen LogP contribution in [0.3, 0.4) is 0 Å². The van der Waals surface area contributed by atoms with E-state index in [0.717, 1.165) is 23.3 Å². The van der Waals surface area contributed by atoms with Crippen LogP contribution in [0.1, 0.15) is 45.1 Å². The minimum Gasteiger partial charge on any atom is -0.508 e. The van der Waals surface area contributed by atoms with Crippen molar-refractivity contribution in [2.24, 2.45) is 0 Å². The molecule has 21 heavy (non-hydrogen) atoms. The number of fused-ring (bicyclic) bond motifs is 1. The van der Waals surface area contributed by atoms with E-state index in [0.29, 0.717) is 0 Å². The number of aromatic hydroxyl groups is 1. The maximum Gasteiger partial charge on any atom is 0.264 e. The number of para-hydroxylation sites is 1. The molecule has 2 aromatic rings. The first kappa shape index (κ1) is 14.1. The van der Waals surface area contributed by atoms with Crippen LogP contribution in [0.15, 0.2) is 30.3 Å². The molecule has 1 N–H and O–H groups in total. The van der Waals surface area contributed by atoms with Crippen molar-refractivity contribution in [1.82, 2.24) is 4.90 Å². The zero-order valence-electron chi connectivity index (χ0n) is 12.3. The van der Waals surface area contributed by atoms with Gasteiger partial charge in [0.15, 0.2) is 0 Å². The standard InChI is InChI=1S/C17H19NO2S/c1-11(13-7-3-4-8-14(13)19)18(2)17(20)16-10-12-6-5-9-15(12)21-16/h3-4,7-8,10-11,19H,5-6,9H2,1-2H3. The summed E-state index contributed by atoms with van der Waals surface area (Å²) in [5.74, 6) is 0.267. The second-order valence-electron chi connectivity index (χ2n) is 5.56. The number of rotatable bonds is 3. The zero-order chi connectivity index (χ0) is 15.0. The van der Waals surface area contributed by atoms with E-state index >= 15 is 0 Å². The van der Waals surface area contributed by atoms with Crippen molar-refractivity contribution in [3.8, 4) is 5.75 Å². The Kier molecular flexibility index (Phi) is 3.72. The summed E-state index contributed by atoms with van der Waals surface area (Å²) in [5, 5.41) is 9.94. The molecule has 1 aromatic carbocycles. The third-order valence-electron chi connectivity index (χ3n) is 4.25. The van der Waals surface area contributed by atoms with Crippen molar-refractivity contribution in [2.45, 2.75) is 32.2 Å². The van der Waals surface area contributed by atoms with Gasteiger partial charge in [-0.25, -0.2) is 0 Å². The predicted octanol–water partition coefficient (Wildman–Crippen LogP) is 3.78. The highest BCUT2D eigenvalue weighted by atomic mass is 32.1. The lowest BCUT2D eigenvalue weighted by molar-refractivity contribution is 0.0746. The third-order valence-corrected chi connectivity index (χ3v) is 5.47. The van der Waals surface area contributed by atoms with E-state index in [1.54, 1.807) is 35.4 Å². The minimum absolute atomic E-state index is 0.0325. The van der Waals surface area contributed by atoms with Crippen LogP contribution in [-0.2, 0) is 12.8 Å². The van der Waals surface area contributed by atoms with Crippen molar-refractivity contribution >= 4 is 17.2 Å². The van der Waals surface area contributed by atoms with Crippen LogP contribution in [0.2, 0.25) is 0 Å². The maximum absolute atomic E-state index is 12.6. The summed E-state index contributed by atoms with van der Waals surface area (Å²) in [6.07, 6.45) is 3.41. The second kappa shape index (κ2) is 5.53. The Morgan fingerprint density at radius 1 is 1.33 bits per heavy atom. The lowest BCUT2D eigenvalue weighted by Crippen LogP contribution is -2.29. The molecule has 1 aromatic heterocycles. The van der Waals surface area contributed by atoms with Crippen LogP contribution in [0.25, 0.3) is 0 Å². The largest absolute Gasteiger partial charge is 0.508 e. The third kappa shape index (κ3) is 2.56. The molecule has 1 aliphatic rings. The first-order valence-corrected chi connectivity index (χ1v) is 8.06. The number of carbonyl (C=O) groups is 1. The number of amides is 1. The topological polar surface area (TPSA) is 40.5 Å². The van der Waals surface area contributed by atoms with Gasteiger partial charge in [-0.2, -0.15) is 0 Å². The Morgan fingerprint density at radius 2 is 2.10 bits per heavy atom. The fourth-order valence-electron chi connectivity index (χ4n) is 2.83. The Morgan fingerprint density at radius 3 is 2.81 bits per heavy atom. The van der Waals surface area contributed by atoms with Crippen LogP contribution in [-0.4, -0.2) is 23.0 Å². The van der Waals surface area contributed by atoms with Crippen LogP contribution in [0.4, 0.5) is 0 Å². The van der Waals surface area contributed by atoms with Crippen molar-refractivity contribution in [2.75, 3.05) is 7.05 Å². The number of nitrogens with zero attached hydrogens (tertiary/aromatic N) is 1. The molecule has 110 valence electrons. The lowest BCUT2D eigenvalue weighted by Gasteiger charge is -2.25. The van der Waals surface area contributed by atoms with Gasteiger partial charge in [0, 0.05) is 17.5 Å². The number of hydrogen-bond donors (Lipinski definition) is 1. The summed E-state index contributed by atoms with van der Waals surface area (Å²) in [7, 11) is 1.80. The molecule has 1 aliphatic carbocycles.